The number of nitrogens with two attached hydrogens (primary N) is 1. The monoisotopic (exact) mass is 372 g/mol. The van der Waals surface area contributed by atoms with Gasteiger partial charge in [-0.05, 0) is 52.8 Å². The first-order chi connectivity index (χ1) is 11.7. The molecule has 25 heavy (non-hydrogen) atoms. The van der Waals surface area contributed by atoms with Crippen LogP contribution in [0.25, 0.3) is 0 Å². The SMILES string of the molecule is C=C(C)[C@H](NC(C)C)C(=O)N[C@@H](CCCCN)C(=O)NCC(=O)SC. The average Bonchev–Trinajstić information content (AvgIpc) is 2.55. The highest BCUT2D eigenvalue weighted by molar-refractivity contribution is 8.13. The first kappa shape index (κ1) is 23.6. The van der Waals surface area contributed by atoms with Gasteiger partial charge < -0.3 is 21.7 Å². The molecule has 0 aliphatic rings. The van der Waals surface area contributed by atoms with Crippen LogP contribution >= 0.6 is 11.8 Å². The van der Waals surface area contributed by atoms with Crippen LogP contribution in [0.3, 0.4) is 0 Å². The minimum atomic E-state index is -0.704. The molecule has 7 nitrogen and oxygen atoms in total. The number of hydrogen-bond acceptors (Lipinski definition) is 6. The van der Waals surface area contributed by atoms with Gasteiger partial charge in [-0.1, -0.05) is 23.9 Å². The second kappa shape index (κ2) is 12.9. The molecule has 0 aromatic rings. The summed E-state index contributed by atoms with van der Waals surface area (Å²) in [5.41, 5.74) is 6.17. The number of carbonyl (C=O) groups is 3. The normalized spacial score (nSPS) is 13.2. The molecule has 144 valence electrons. The Morgan fingerprint density at radius 2 is 1.80 bits per heavy atom. The van der Waals surface area contributed by atoms with Crippen LogP contribution in [0.4, 0.5) is 0 Å². The van der Waals surface area contributed by atoms with Crippen LogP contribution in [0.1, 0.15) is 40.0 Å². The van der Waals surface area contributed by atoms with Crippen molar-refractivity contribution in [3.63, 3.8) is 0 Å². The maximum Gasteiger partial charge on any atom is 0.242 e. The second-order valence-corrected chi connectivity index (χ2v) is 7.10. The van der Waals surface area contributed by atoms with Crippen LogP contribution in [0, 0.1) is 0 Å². The third-order valence-electron chi connectivity index (χ3n) is 3.47. The maximum absolute atomic E-state index is 12.6. The van der Waals surface area contributed by atoms with Gasteiger partial charge in [-0.25, -0.2) is 0 Å². The molecule has 0 aromatic carbocycles. The summed E-state index contributed by atoms with van der Waals surface area (Å²) in [6.07, 6.45) is 3.59. The molecule has 0 aliphatic heterocycles. The van der Waals surface area contributed by atoms with E-state index in [4.69, 9.17) is 5.73 Å². The topological polar surface area (TPSA) is 113 Å². The Bertz CT molecular complexity index is 469. The Labute approximate surface area is 154 Å². The van der Waals surface area contributed by atoms with Crippen LogP contribution < -0.4 is 21.7 Å². The number of carbonyl (C=O) groups excluding carboxylic acids is 3. The average molecular weight is 373 g/mol. The molecule has 2 atom stereocenters. The second-order valence-electron chi connectivity index (χ2n) is 6.24. The minimum Gasteiger partial charge on any atom is -0.346 e. The van der Waals surface area contributed by atoms with Crippen molar-refractivity contribution < 1.29 is 14.4 Å². The van der Waals surface area contributed by atoms with Gasteiger partial charge >= 0.3 is 0 Å². The van der Waals surface area contributed by atoms with Gasteiger partial charge in [-0.3, -0.25) is 14.4 Å². The first-order valence-corrected chi connectivity index (χ1v) is 9.71. The summed E-state index contributed by atoms with van der Waals surface area (Å²) < 4.78 is 0. The zero-order valence-electron chi connectivity index (χ0n) is 15.7. The molecule has 0 spiro atoms. The van der Waals surface area contributed by atoms with E-state index in [2.05, 4.69) is 22.5 Å². The molecule has 0 fully saturated rings. The van der Waals surface area contributed by atoms with Crippen molar-refractivity contribution in [2.75, 3.05) is 19.3 Å². The molecule has 8 heteroatoms. The fourth-order valence-corrected chi connectivity index (χ4v) is 2.36. The van der Waals surface area contributed by atoms with E-state index in [0.717, 1.165) is 18.2 Å². The zero-order chi connectivity index (χ0) is 19.4. The number of nitrogens with one attached hydrogen (secondary N) is 3. The number of amides is 2. The maximum atomic E-state index is 12.6. The summed E-state index contributed by atoms with van der Waals surface area (Å²) in [5.74, 6) is -0.664. The molecule has 0 bridgehead atoms. The molecule has 2 amide bonds. The van der Waals surface area contributed by atoms with Gasteiger partial charge in [0, 0.05) is 6.04 Å². The summed E-state index contributed by atoms with van der Waals surface area (Å²) in [5, 5.41) is 8.34. The lowest BCUT2D eigenvalue weighted by atomic mass is 10.1. The van der Waals surface area contributed by atoms with Gasteiger partial charge in [0.2, 0.25) is 16.9 Å². The largest absolute Gasteiger partial charge is 0.346 e. The lowest BCUT2D eigenvalue weighted by Gasteiger charge is -2.24. The summed E-state index contributed by atoms with van der Waals surface area (Å²) >= 11 is 1.05. The van der Waals surface area contributed by atoms with Gasteiger partial charge in [0.15, 0.2) is 0 Å². The van der Waals surface area contributed by atoms with Crippen molar-refractivity contribution in [2.45, 2.75) is 58.2 Å². The third kappa shape index (κ3) is 10.3. The van der Waals surface area contributed by atoms with Crippen LogP contribution in [-0.2, 0) is 14.4 Å². The molecular weight excluding hydrogens is 340 g/mol. The van der Waals surface area contributed by atoms with Gasteiger partial charge in [0.25, 0.3) is 0 Å². The van der Waals surface area contributed by atoms with Crippen molar-refractivity contribution in [1.29, 1.82) is 0 Å². The third-order valence-corrected chi connectivity index (χ3v) is 4.07. The smallest absolute Gasteiger partial charge is 0.242 e. The lowest BCUT2D eigenvalue weighted by molar-refractivity contribution is -0.130. The molecule has 0 radical (unpaired) electrons. The van der Waals surface area contributed by atoms with E-state index in [9.17, 15) is 14.4 Å². The van der Waals surface area contributed by atoms with Gasteiger partial charge in [-0.2, -0.15) is 0 Å². The summed E-state index contributed by atoms with van der Waals surface area (Å²) in [7, 11) is 0. The van der Waals surface area contributed by atoms with E-state index in [1.807, 2.05) is 13.8 Å². The Morgan fingerprint density at radius 3 is 2.28 bits per heavy atom. The quantitative estimate of drug-likeness (QED) is 0.294. The van der Waals surface area contributed by atoms with Crippen LogP contribution in [0.15, 0.2) is 12.2 Å². The van der Waals surface area contributed by atoms with E-state index >= 15 is 0 Å². The van der Waals surface area contributed by atoms with E-state index in [-0.39, 0.29) is 29.5 Å². The first-order valence-electron chi connectivity index (χ1n) is 8.49. The Kier molecular flexibility index (Phi) is 12.2. The van der Waals surface area contributed by atoms with Gasteiger partial charge in [0.1, 0.15) is 12.1 Å². The fourth-order valence-electron chi connectivity index (χ4n) is 2.15. The minimum absolute atomic E-state index is 0.0581. The van der Waals surface area contributed by atoms with E-state index in [0.29, 0.717) is 25.0 Å². The Hall–Kier alpha value is -1.38. The molecule has 0 rings (SSSR count). The number of unbranched alkanes of at least 4 members (excludes halogenated alkanes) is 1. The fraction of sp³-hybridized carbons (Fsp3) is 0.706. The predicted octanol–water partition coefficient (Wildman–Crippen LogP) is 0.549. The molecule has 0 saturated carbocycles. The van der Waals surface area contributed by atoms with E-state index in [1.165, 1.54) is 0 Å². The van der Waals surface area contributed by atoms with Crippen LogP contribution in [0.5, 0.6) is 0 Å². The van der Waals surface area contributed by atoms with Crippen molar-refractivity contribution >= 4 is 28.7 Å². The highest BCUT2D eigenvalue weighted by Gasteiger charge is 2.26. The van der Waals surface area contributed by atoms with Crippen LogP contribution in [0.2, 0.25) is 0 Å². The van der Waals surface area contributed by atoms with Gasteiger partial charge in [0.05, 0.1) is 6.54 Å². The molecule has 0 unspecified atom stereocenters. The Balaban J connectivity index is 4.94. The molecule has 0 aromatic heterocycles. The number of rotatable bonds is 12. The summed E-state index contributed by atoms with van der Waals surface area (Å²) in [6.45, 7) is 9.94. The molecule has 0 heterocycles. The number of hydrogen-bond donors (Lipinski definition) is 4. The standard InChI is InChI=1S/C17H32N4O3S/c1-11(2)15(20-12(3)4)17(24)21-13(8-6-7-9-18)16(23)19-10-14(22)25-5/h12-13,15,20H,1,6-10,18H2,2-5H3,(H,19,23)(H,21,24)/t13-,15-/m0/s1. The molecular formula is C17H32N4O3S. The number of thioether (sulfide) groups is 1. The highest BCUT2D eigenvalue weighted by Crippen LogP contribution is 2.05. The van der Waals surface area contributed by atoms with Crippen molar-refractivity contribution in [1.82, 2.24) is 16.0 Å². The summed E-state index contributed by atoms with van der Waals surface area (Å²) in [6, 6.07) is -1.18. The molecule has 5 N–H and O–H groups in total. The Morgan fingerprint density at radius 1 is 1.16 bits per heavy atom. The lowest BCUT2D eigenvalue weighted by Crippen LogP contribution is -2.54. The van der Waals surface area contributed by atoms with E-state index < -0.39 is 12.1 Å². The van der Waals surface area contributed by atoms with Crippen molar-refractivity contribution in [3.8, 4) is 0 Å². The van der Waals surface area contributed by atoms with E-state index in [1.54, 1.807) is 13.2 Å². The predicted molar refractivity (Wildman–Crippen MR) is 103 cm³/mol. The van der Waals surface area contributed by atoms with Gasteiger partial charge in [-0.15, -0.1) is 0 Å². The summed E-state index contributed by atoms with van der Waals surface area (Å²) in [4.78, 5) is 36.3. The zero-order valence-corrected chi connectivity index (χ0v) is 16.5. The molecule has 0 aliphatic carbocycles. The van der Waals surface area contributed by atoms with Crippen molar-refractivity contribution in [3.05, 3.63) is 12.2 Å². The van der Waals surface area contributed by atoms with Crippen LogP contribution in [-0.4, -0.2) is 54.4 Å². The molecule has 0 saturated heterocycles. The van der Waals surface area contributed by atoms with Crippen molar-refractivity contribution in [2.24, 2.45) is 5.73 Å². The highest BCUT2D eigenvalue weighted by atomic mass is 32.2.